The summed E-state index contributed by atoms with van der Waals surface area (Å²) in [6.07, 6.45) is -1.07. The van der Waals surface area contributed by atoms with Crippen molar-refractivity contribution in [2.24, 2.45) is 5.14 Å². The standard InChI is InChI=1S/C8H13NO5S3/c1-3-16(11,12)8-6(5(2)10)4-7(15-8)17(9,13)14/h4-5,10H,3H2,1-2H3,(H2,9,13,14). The van der Waals surface area contributed by atoms with Crippen LogP contribution in [0.15, 0.2) is 14.5 Å². The molecular weight excluding hydrogens is 286 g/mol. The fourth-order valence-corrected chi connectivity index (χ4v) is 5.03. The van der Waals surface area contributed by atoms with Crippen LogP contribution in [0.4, 0.5) is 0 Å². The normalized spacial score (nSPS) is 14.8. The third-order valence-electron chi connectivity index (χ3n) is 2.10. The Morgan fingerprint density at radius 2 is 1.94 bits per heavy atom. The van der Waals surface area contributed by atoms with Crippen LogP contribution in [0.5, 0.6) is 0 Å². The van der Waals surface area contributed by atoms with Crippen LogP contribution < -0.4 is 5.14 Å². The summed E-state index contributed by atoms with van der Waals surface area (Å²) in [5.74, 6) is -0.169. The molecule has 1 aromatic rings. The van der Waals surface area contributed by atoms with Crippen LogP contribution in [0, 0.1) is 0 Å². The molecule has 6 nitrogen and oxygen atoms in total. The molecule has 3 N–H and O–H groups in total. The molecular formula is C8H13NO5S3. The van der Waals surface area contributed by atoms with E-state index in [9.17, 15) is 21.9 Å². The molecule has 1 atom stereocenters. The van der Waals surface area contributed by atoms with E-state index in [-0.39, 0.29) is 19.7 Å². The highest BCUT2D eigenvalue weighted by Gasteiger charge is 2.26. The largest absolute Gasteiger partial charge is 0.389 e. The second-order valence-corrected chi connectivity index (χ2v) is 8.75. The molecule has 1 rings (SSSR count). The lowest BCUT2D eigenvalue weighted by Gasteiger charge is -2.05. The minimum absolute atomic E-state index is 0.0703. The highest BCUT2D eigenvalue weighted by molar-refractivity contribution is 7.95. The van der Waals surface area contributed by atoms with Crippen molar-refractivity contribution in [1.82, 2.24) is 0 Å². The molecule has 0 saturated carbocycles. The molecule has 0 aliphatic carbocycles. The minimum atomic E-state index is -3.96. The second kappa shape index (κ2) is 4.65. The third kappa shape index (κ3) is 3.05. The summed E-state index contributed by atoms with van der Waals surface area (Å²) in [5.41, 5.74) is 0.0703. The predicted octanol–water partition coefficient (Wildman–Crippen LogP) is 0.242. The minimum Gasteiger partial charge on any atom is -0.389 e. The molecule has 0 aromatic carbocycles. The topological polar surface area (TPSA) is 115 Å². The second-order valence-electron chi connectivity index (χ2n) is 3.43. The van der Waals surface area contributed by atoms with Gasteiger partial charge in [-0.25, -0.2) is 22.0 Å². The highest BCUT2D eigenvalue weighted by atomic mass is 32.3. The van der Waals surface area contributed by atoms with Crippen LogP contribution in [0.25, 0.3) is 0 Å². The molecule has 1 aromatic heterocycles. The van der Waals surface area contributed by atoms with Gasteiger partial charge in [-0.2, -0.15) is 0 Å². The number of thiophene rings is 1. The summed E-state index contributed by atoms with van der Waals surface area (Å²) < 4.78 is 45.4. The number of sulfonamides is 1. The average Bonchev–Trinajstić information content (AvgIpc) is 2.61. The zero-order chi connectivity index (χ0) is 13.4. The van der Waals surface area contributed by atoms with Gasteiger partial charge in [0.1, 0.15) is 8.42 Å². The number of primary sulfonamides is 1. The summed E-state index contributed by atoms with van der Waals surface area (Å²) >= 11 is 0.565. The smallest absolute Gasteiger partial charge is 0.247 e. The van der Waals surface area contributed by atoms with Crippen LogP contribution in [0.3, 0.4) is 0 Å². The highest BCUT2D eigenvalue weighted by Crippen LogP contribution is 2.34. The lowest BCUT2D eigenvalue weighted by atomic mass is 10.2. The summed E-state index contributed by atoms with van der Waals surface area (Å²) in [7, 11) is -7.54. The van der Waals surface area contributed by atoms with Crippen LogP contribution in [-0.2, 0) is 19.9 Å². The SMILES string of the molecule is CCS(=O)(=O)c1sc(S(N)(=O)=O)cc1C(C)O. The first-order chi connectivity index (χ1) is 7.59. The van der Waals surface area contributed by atoms with Crippen LogP contribution in [0.2, 0.25) is 0 Å². The monoisotopic (exact) mass is 299 g/mol. The number of rotatable bonds is 4. The number of hydrogen-bond acceptors (Lipinski definition) is 6. The summed E-state index contributed by atoms with van der Waals surface area (Å²) in [5, 5.41) is 14.4. The Labute approximate surface area is 104 Å². The zero-order valence-electron chi connectivity index (χ0n) is 9.24. The summed E-state index contributed by atoms with van der Waals surface area (Å²) in [6, 6.07) is 1.10. The molecule has 0 saturated heterocycles. The molecule has 0 aliphatic heterocycles. The first-order valence-corrected chi connectivity index (χ1v) is 8.68. The maximum absolute atomic E-state index is 11.7. The van der Waals surface area contributed by atoms with E-state index in [0.717, 1.165) is 6.07 Å². The third-order valence-corrected chi connectivity index (χ3v) is 7.03. The van der Waals surface area contributed by atoms with E-state index in [1.54, 1.807) is 0 Å². The van der Waals surface area contributed by atoms with E-state index in [4.69, 9.17) is 5.14 Å². The fourth-order valence-electron chi connectivity index (χ4n) is 1.17. The number of hydrogen-bond donors (Lipinski definition) is 2. The van der Waals surface area contributed by atoms with Gasteiger partial charge in [0.25, 0.3) is 0 Å². The molecule has 98 valence electrons. The average molecular weight is 299 g/mol. The predicted molar refractivity (Wildman–Crippen MR) is 64.1 cm³/mol. The fraction of sp³-hybridized carbons (Fsp3) is 0.500. The van der Waals surface area contributed by atoms with E-state index in [1.807, 2.05) is 0 Å². The lowest BCUT2D eigenvalue weighted by molar-refractivity contribution is 0.197. The Morgan fingerprint density at radius 1 is 1.41 bits per heavy atom. The molecule has 0 aliphatic rings. The first-order valence-electron chi connectivity index (χ1n) is 4.67. The molecule has 1 heterocycles. The van der Waals surface area contributed by atoms with Crippen molar-refractivity contribution < 1.29 is 21.9 Å². The lowest BCUT2D eigenvalue weighted by Crippen LogP contribution is -2.10. The Kier molecular flexibility index (Phi) is 3.99. The van der Waals surface area contributed by atoms with E-state index in [0.29, 0.717) is 11.3 Å². The van der Waals surface area contributed by atoms with Gasteiger partial charge in [0.05, 0.1) is 11.9 Å². The van der Waals surface area contributed by atoms with Gasteiger partial charge in [-0.15, -0.1) is 11.3 Å². The molecule has 1 unspecified atom stereocenters. The van der Waals surface area contributed by atoms with Crippen molar-refractivity contribution in [3.05, 3.63) is 11.6 Å². The Balaban J connectivity index is 3.56. The maximum Gasteiger partial charge on any atom is 0.247 e. The van der Waals surface area contributed by atoms with Crippen LogP contribution in [0.1, 0.15) is 25.5 Å². The molecule has 0 amide bonds. The first kappa shape index (κ1) is 14.6. The van der Waals surface area contributed by atoms with Gasteiger partial charge in [-0.05, 0) is 13.0 Å². The number of sulfone groups is 1. The van der Waals surface area contributed by atoms with Crippen molar-refractivity contribution in [2.45, 2.75) is 28.4 Å². The zero-order valence-corrected chi connectivity index (χ0v) is 11.7. The van der Waals surface area contributed by atoms with Crippen molar-refractivity contribution in [3.8, 4) is 0 Å². The Hall–Kier alpha value is -0.480. The Bertz CT molecular complexity index is 612. The molecule has 0 radical (unpaired) electrons. The van der Waals surface area contributed by atoms with Gasteiger partial charge in [0.15, 0.2) is 9.84 Å². The molecule has 9 heteroatoms. The molecule has 0 spiro atoms. The van der Waals surface area contributed by atoms with Gasteiger partial charge < -0.3 is 5.11 Å². The molecule has 0 bridgehead atoms. The Morgan fingerprint density at radius 3 is 2.29 bits per heavy atom. The van der Waals surface area contributed by atoms with Crippen molar-refractivity contribution in [1.29, 1.82) is 0 Å². The summed E-state index contributed by atoms with van der Waals surface area (Å²) in [6.45, 7) is 2.81. The number of aliphatic hydroxyl groups is 1. The van der Waals surface area contributed by atoms with Gasteiger partial charge >= 0.3 is 0 Å². The van der Waals surface area contributed by atoms with Crippen LogP contribution >= 0.6 is 11.3 Å². The van der Waals surface area contributed by atoms with Gasteiger partial charge in [0, 0.05) is 5.56 Å². The van der Waals surface area contributed by atoms with Gasteiger partial charge in [-0.1, -0.05) is 6.92 Å². The van der Waals surface area contributed by atoms with Gasteiger partial charge in [-0.3, -0.25) is 0 Å². The summed E-state index contributed by atoms with van der Waals surface area (Å²) in [4.78, 5) is 0. The number of nitrogens with two attached hydrogens (primary N) is 1. The maximum atomic E-state index is 11.7. The van der Waals surface area contributed by atoms with Crippen molar-refractivity contribution >= 4 is 31.2 Å². The molecule has 17 heavy (non-hydrogen) atoms. The number of aliphatic hydroxyl groups excluding tert-OH is 1. The van der Waals surface area contributed by atoms with Crippen molar-refractivity contribution in [3.63, 3.8) is 0 Å². The quantitative estimate of drug-likeness (QED) is 0.826. The van der Waals surface area contributed by atoms with E-state index in [2.05, 4.69) is 0 Å². The van der Waals surface area contributed by atoms with E-state index >= 15 is 0 Å². The van der Waals surface area contributed by atoms with E-state index < -0.39 is 26.0 Å². The van der Waals surface area contributed by atoms with E-state index in [1.165, 1.54) is 13.8 Å². The van der Waals surface area contributed by atoms with Crippen LogP contribution in [-0.4, -0.2) is 27.7 Å². The van der Waals surface area contributed by atoms with Crippen molar-refractivity contribution in [2.75, 3.05) is 5.75 Å². The molecule has 0 fully saturated rings. The van der Waals surface area contributed by atoms with Gasteiger partial charge in [0.2, 0.25) is 10.0 Å².